The molecule has 0 bridgehead atoms. The molecule has 1 fully saturated rings. The summed E-state index contributed by atoms with van der Waals surface area (Å²) < 4.78 is 16.0. The number of aliphatic carboxylic acids is 1. The first kappa shape index (κ1) is 26.5. The summed E-state index contributed by atoms with van der Waals surface area (Å²) in [5.74, 6) is -2.21. The van der Waals surface area contributed by atoms with Crippen molar-refractivity contribution in [3.8, 4) is 5.75 Å². The molecule has 0 radical (unpaired) electrons. The first-order chi connectivity index (χ1) is 16.6. The summed E-state index contributed by atoms with van der Waals surface area (Å²) in [6, 6.07) is 14.5. The number of hydrogen-bond acceptors (Lipinski definition) is 10. The predicted octanol–water partition coefficient (Wildman–Crippen LogP) is -0.643. The molecule has 0 aromatic heterocycles. The van der Waals surface area contributed by atoms with Crippen LogP contribution in [0.15, 0.2) is 54.6 Å². The van der Waals surface area contributed by atoms with Crippen molar-refractivity contribution in [2.75, 3.05) is 6.61 Å². The fourth-order valence-electron chi connectivity index (χ4n) is 3.64. The van der Waals surface area contributed by atoms with Crippen molar-refractivity contribution in [1.29, 1.82) is 0 Å². The minimum Gasteiger partial charge on any atom is -0.481 e. The quantitative estimate of drug-likeness (QED) is 0.232. The van der Waals surface area contributed by atoms with Crippen molar-refractivity contribution in [2.24, 2.45) is 0 Å². The SMILES string of the molecule is O=C(O)CC(O)(Cc1ccccc1)C(=O)OCc1ccc(OC2OC(CO)C(O)C(O)C2O)cc1. The van der Waals surface area contributed by atoms with Gasteiger partial charge in [0.05, 0.1) is 13.0 Å². The van der Waals surface area contributed by atoms with E-state index >= 15 is 0 Å². The first-order valence-corrected chi connectivity index (χ1v) is 10.8. The lowest BCUT2D eigenvalue weighted by atomic mass is 9.91. The summed E-state index contributed by atoms with van der Waals surface area (Å²) in [4.78, 5) is 23.8. The smallest absolute Gasteiger partial charge is 0.339 e. The molecule has 0 amide bonds. The van der Waals surface area contributed by atoms with Crippen LogP contribution in [0.1, 0.15) is 17.5 Å². The van der Waals surface area contributed by atoms with Gasteiger partial charge in [-0.2, -0.15) is 0 Å². The van der Waals surface area contributed by atoms with E-state index in [2.05, 4.69) is 0 Å². The molecule has 1 aliphatic rings. The monoisotopic (exact) mass is 492 g/mol. The van der Waals surface area contributed by atoms with Gasteiger partial charge in [-0.05, 0) is 23.3 Å². The number of rotatable bonds is 10. The Morgan fingerprint density at radius 3 is 2.17 bits per heavy atom. The van der Waals surface area contributed by atoms with Crippen LogP contribution in [0.3, 0.4) is 0 Å². The second kappa shape index (κ2) is 11.6. The predicted molar refractivity (Wildman–Crippen MR) is 118 cm³/mol. The Labute approximate surface area is 200 Å². The van der Waals surface area contributed by atoms with Crippen LogP contribution < -0.4 is 4.74 Å². The van der Waals surface area contributed by atoms with Gasteiger partial charge in [0.25, 0.3) is 0 Å². The first-order valence-electron chi connectivity index (χ1n) is 10.8. The van der Waals surface area contributed by atoms with Crippen LogP contribution in [0.2, 0.25) is 0 Å². The van der Waals surface area contributed by atoms with Crippen LogP contribution in [-0.2, 0) is 32.1 Å². The van der Waals surface area contributed by atoms with Crippen molar-refractivity contribution < 1.29 is 54.4 Å². The molecule has 6 atom stereocenters. The molecule has 0 saturated carbocycles. The van der Waals surface area contributed by atoms with E-state index in [1.165, 1.54) is 24.3 Å². The molecule has 3 rings (SSSR count). The van der Waals surface area contributed by atoms with E-state index in [0.29, 0.717) is 11.1 Å². The van der Waals surface area contributed by atoms with E-state index in [1.54, 1.807) is 30.3 Å². The van der Waals surface area contributed by atoms with Gasteiger partial charge in [-0.3, -0.25) is 4.79 Å². The molecule has 11 heteroatoms. The van der Waals surface area contributed by atoms with Gasteiger partial charge in [0.1, 0.15) is 36.8 Å². The third-order valence-corrected chi connectivity index (χ3v) is 5.56. The van der Waals surface area contributed by atoms with Crippen LogP contribution in [0.4, 0.5) is 0 Å². The highest BCUT2D eigenvalue weighted by Gasteiger charge is 2.44. The molecule has 6 unspecified atom stereocenters. The van der Waals surface area contributed by atoms with E-state index in [4.69, 9.17) is 19.3 Å². The number of carboxylic acids is 1. The molecule has 2 aromatic rings. The number of carbonyl (C=O) groups is 2. The molecule has 6 N–H and O–H groups in total. The van der Waals surface area contributed by atoms with Crippen molar-refractivity contribution in [3.63, 3.8) is 0 Å². The Hall–Kier alpha value is -3.06. The van der Waals surface area contributed by atoms with E-state index in [0.717, 1.165) is 0 Å². The van der Waals surface area contributed by atoms with Crippen LogP contribution in [0.5, 0.6) is 5.75 Å². The summed E-state index contributed by atoms with van der Waals surface area (Å²) in [5.41, 5.74) is -1.18. The van der Waals surface area contributed by atoms with Crippen molar-refractivity contribution >= 4 is 11.9 Å². The lowest BCUT2D eigenvalue weighted by Gasteiger charge is -2.39. The topological polar surface area (TPSA) is 183 Å². The second-order valence-electron chi connectivity index (χ2n) is 8.30. The number of esters is 1. The Kier molecular flexibility index (Phi) is 8.78. The average Bonchev–Trinajstić information content (AvgIpc) is 2.83. The zero-order chi connectivity index (χ0) is 25.6. The van der Waals surface area contributed by atoms with Crippen molar-refractivity contribution in [1.82, 2.24) is 0 Å². The number of benzene rings is 2. The number of hydrogen-bond donors (Lipinski definition) is 6. The average molecular weight is 492 g/mol. The molecule has 11 nitrogen and oxygen atoms in total. The van der Waals surface area contributed by atoms with E-state index in [9.17, 15) is 35.1 Å². The molecule has 0 aliphatic carbocycles. The summed E-state index contributed by atoms with van der Waals surface area (Å²) in [7, 11) is 0. The highest BCUT2D eigenvalue weighted by Crippen LogP contribution is 2.25. The summed E-state index contributed by atoms with van der Waals surface area (Å²) >= 11 is 0. The third kappa shape index (κ3) is 6.75. The minimum absolute atomic E-state index is 0.218. The Bertz CT molecular complexity index is 979. The van der Waals surface area contributed by atoms with Crippen LogP contribution in [0.25, 0.3) is 0 Å². The van der Waals surface area contributed by atoms with Crippen molar-refractivity contribution in [3.05, 3.63) is 65.7 Å². The molecule has 0 spiro atoms. The van der Waals surface area contributed by atoms with Gasteiger partial charge >= 0.3 is 11.9 Å². The Balaban J connectivity index is 1.60. The van der Waals surface area contributed by atoms with Gasteiger partial charge < -0.3 is 44.8 Å². The molecule has 1 saturated heterocycles. The van der Waals surface area contributed by atoms with Gasteiger partial charge in [0.2, 0.25) is 6.29 Å². The van der Waals surface area contributed by atoms with Gasteiger partial charge in [0, 0.05) is 6.42 Å². The van der Waals surface area contributed by atoms with Gasteiger partial charge in [-0.1, -0.05) is 42.5 Å². The Morgan fingerprint density at radius 2 is 1.57 bits per heavy atom. The highest BCUT2D eigenvalue weighted by molar-refractivity contribution is 5.85. The molecule has 35 heavy (non-hydrogen) atoms. The second-order valence-corrected chi connectivity index (χ2v) is 8.30. The Morgan fingerprint density at radius 1 is 0.914 bits per heavy atom. The lowest BCUT2D eigenvalue weighted by molar-refractivity contribution is -0.277. The number of carbonyl (C=O) groups excluding carboxylic acids is 1. The number of ether oxygens (including phenoxy) is 3. The molecular weight excluding hydrogens is 464 g/mol. The van der Waals surface area contributed by atoms with Gasteiger partial charge in [0.15, 0.2) is 5.60 Å². The maximum atomic E-state index is 12.6. The molecule has 1 aliphatic heterocycles. The summed E-state index contributed by atoms with van der Waals surface area (Å²) in [6.45, 7) is -0.844. The maximum Gasteiger partial charge on any atom is 0.339 e. The maximum absolute atomic E-state index is 12.6. The zero-order valence-corrected chi connectivity index (χ0v) is 18.6. The van der Waals surface area contributed by atoms with E-state index in [1.807, 2.05) is 0 Å². The standard InChI is InChI=1S/C24H28O11/c25-12-17-19(28)20(29)21(30)22(35-17)34-16-8-6-15(7-9-16)13-33-23(31)24(32,11-18(26)27)10-14-4-2-1-3-5-14/h1-9,17,19-22,25,28-30,32H,10-13H2,(H,26,27). The number of aliphatic hydroxyl groups is 5. The van der Waals surface area contributed by atoms with E-state index < -0.39 is 61.3 Å². The van der Waals surface area contributed by atoms with E-state index in [-0.39, 0.29) is 18.8 Å². The summed E-state index contributed by atoms with van der Waals surface area (Å²) in [5, 5.41) is 58.9. The van der Waals surface area contributed by atoms with Gasteiger partial charge in [-0.15, -0.1) is 0 Å². The van der Waals surface area contributed by atoms with Crippen LogP contribution in [-0.4, -0.2) is 85.5 Å². The molecular formula is C24H28O11. The van der Waals surface area contributed by atoms with Crippen LogP contribution >= 0.6 is 0 Å². The summed E-state index contributed by atoms with van der Waals surface area (Å²) in [6.07, 6.45) is -8.17. The lowest BCUT2D eigenvalue weighted by Crippen LogP contribution is -2.60. The molecule has 1 heterocycles. The molecule has 190 valence electrons. The van der Waals surface area contributed by atoms with Gasteiger partial charge in [-0.25, -0.2) is 4.79 Å². The highest BCUT2D eigenvalue weighted by atomic mass is 16.7. The number of aliphatic hydroxyl groups excluding tert-OH is 4. The zero-order valence-electron chi connectivity index (χ0n) is 18.6. The normalized spacial score (nSPS) is 25.9. The fraction of sp³-hybridized carbons (Fsp3) is 0.417. The number of carboxylic acid groups (broad SMARTS) is 1. The fourth-order valence-corrected chi connectivity index (χ4v) is 3.64. The third-order valence-electron chi connectivity index (χ3n) is 5.56. The van der Waals surface area contributed by atoms with Crippen LogP contribution in [0, 0.1) is 0 Å². The minimum atomic E-state index is -2.25. The van der Waals surface area contributed by atoms with Crippen molar-refractivity contribution in [2.45, 2.75) is 55.8 Å². The molecule has 2 aromatic carbocycles. The largest absolute Gasteiger partial charge is 0.481 e.